The molecule has 1 atom stereocenters. The lowest BCUT2D eigenvalue weighted by Crippen LogP contribution is -2.30. The minimum atomic E-state index is -0.552. The maximum atomic E-state index is 12.9. The highest BCUT2D eigenvalue weighted by atomic mass is 79.9. The number of nitrogens with two attached hydrogens (primary N) is 1. The molecule has 0 bridgehead atoms. The first-order valence-electron chi connectivity index (χ1n) is 3.95. The lowest BCUT2D eigenvalue weighted by molar-refractivity contribution is 0.283. The molecule has 1 rings (SSSR count). The molecular formula is C9H10BrFN2O. The van der Waals surface area contributed by atoms with Crippen molar-refractivity contribution < 1.29 is 9.13 Å². The van der Waals surface area contributed by atoms with Crippen LogP contribution < -0.4 is 10.5 Å². The van der Waals surface area contributed by atoms with E-state index in [1.807, 2.05) is 0 Å². The molecule has 5 heteroatoms. The molecule has 0 aliphatic heterocycles. The summed E-state index contributed by atoms with van der Waals surface area (Å²) in [6.45, 7) is 1.63. The van der Waals surface area contributed by atoms with E-state index >= 15 is 0 Å². The van der Waals surface area contributed by atoms with Gasteiger partial charge in [0.05, 0.1) is 0 Å². The standard InChI is InChI=1S/C9H10BrFN2O/c1-5(9(12)13)14-8-3-6(10)2-7(11)4-8/h2-5H,1H3,(H3,12,13). The molecule has 76 valence electrons. The number of hydrogen-bond donors (Lipinski definition) is 2. The molecule has 1 aromatic carbocycles. The van der Waals surface area contributed by atoms with E-state index in [1.54, 1.807) is 13.0 Å². The summed E-state index contributed by atoms with van der Waals surface area (Å²) in [5.41, 5.74) is 5.21. The highest BCUT2D eigenvalue weighted by Gasteiger charge is 2.08. The largest absolute Gasteiger partial charge is 0.483 e. The second-order valence-electron chi connectivity index (χ2n) is 2.82. The first-order chi connectivity index (χ1) is 6.49. The first-order valence-corrected chi connectivity index (χ1v) is 4.75. The third-order valence-corrected chi connectivity index (χ3v) is 2.04. The van der Waals surface area contributed by atoms with Crippen LogP contribution in [0.25, 0.3) is 0 Å². The number of hydrogen-bond acceptors (Lipinski definition) is 2. The molecule has 0 aromatic heterocycles. The Kier molecular flexibility index (Phi) is 3.46. The second kappa shape index (κ2) is 4.41. The molecule has 0 spiro atoms. The summed E-state index contributed by atoms with van der Waals surface area (Å²) < 4.78 is 18.7. The topological polar surface area (TPSA) is 59.1 Å². The van der Waals surface area contributed by atoms with Crippen LogP contribution in [0.4, 0.5) is 4.39 Å². The number of halogens is 2. The highest BCUT2D eigenvalue weighted by molar-refractivity contribution is 9.10. The zero-order valence-corrected chi connectivity index (χ0v) is 9.14. The zero-order valence-electron chi connectivity index (χ0n) is 7.55. The smallest absolute Gasteiger partial charge is 0.152 e. The van der Waals surface area contributed by atoms with Crippen molar-refractivity contribution >= 4 is 21.8 Å². The zero-order chi connectivity index (χ0) is 10.7. The summed E-state index contributed by atoms with van der Waals surface area (Å²) in [6.07, 6.45) is -0.552. The van der Waals surface area contributed by atoms with Crippen LogP contribution >= 0.6 is 15.9 Å². The van der Waals surface area contributed by atoms with E-state index in [0.717, 1.165) is 0 Å². The van der Waals surface area contributed by atoms with Gasteiger partial charge in [0.1, 0.15) is 17.4 Å². The van der Waals surface area contributed by atoms with E-state index in [2.05, 4.69) is 15.9 Å². The lowest BCUT2D eigenvalue weighted by atomic mass is 10.3. The number of amidine groups is 1. The third-order valence-electron chi connectivity index (χ3n) is 1.59. The summed E-state index contributed by atoms with van der Waals surface area (Å²) in [6, 6.07) is 4.18. The predicted octanol–water partition coefficient (Wildman–Crippen LogP) is 2.29. The Labute approximate surface area is 89.7 Å². The van der Waals surface area contributed by atoms with Crippen molar-refractivity contribution in [2.24, 2.45) is 5.73 Å². The van der Waals surface area contributed by atoms with Crippen LogP contribution in [0.15, 0.2) is 22.7 Å². The summed E-state index contributed by atoms with van der Waals surface area (Å²) >= 11 is 3.13. The molecule has 0 aliphatic rings. The van der Waals surface area contributed by atoms with Crippen molar-refractivity contribution in [1.29, 1.82) is 5.41 Å². The average molecular weight is 261 g/mol. The number of nitrogens with one attached hydrogen (secondary N) is 1. The van der Waals surface area contributed by atoms with Gasteiger partial charge in [-0.1, -0.05) is 15.9 Å². The van der Waals surface area contributed by atoms with Gasteiger partial charge in [0.15, 0.2) is 6.10 Å². The Bertz CT molecular complexity index is 336. The van der Waals surface area contributed by atoms with E-state index < -0.39 is 11.9 Å². The molecule has 0 saturated carbocycles. The van der Waals surface area contributed by atoms with E-state index in [0.29, 0.717) is 10.2 Å². The average Bonchev–Trinajstić information content (AvgIpc) is 2.01. The summed E-state index contributed by atoms with van der Waals surface area (Å²) in [5, 5.41) is 7.10. The maximum absolute atomic E-state index is 12.9. The first kappa shape index (κ1) is 11.0. The SMILES string of the molecule is CC(Oc1cc(F)cc(Br)c1)C(=N)N. The normalized spacial score (nSPS) is 12.2. The van der Waals surface area contributed by atoms with Crippen LogP contribution in [0.5, 0.6) is 5.75 Å². The fourth-order valence-electron chi connectivity index (χ4n) is 0.864. The molecule has 1 aromatic rings. The molecular weight excluding hydrogens is 251 g/mol. The van der Waals surface area contributed by atoms with Crippen LogP contribution in [0.3, 0.4) is 0 Å². The molecule has 0 radical (unpaired) electrons. The molecule has 3 nitrogen and oxygen atoms in total. The lowest BCUT2D eigenvalue weighted by Gasteiger charge is -2.13. The number of rotatable bonds is 3. The van der Waals surface area contributed by atoms with Gasteiger partial charge in [0.2, 0.25) is 0 Å². The quantitative estimate of drug-likeness (QED) is 0.647. The molecule has 0 heterocycles. The second-order valence-corrected chi connectivity index (χ2v) is 3.74. The minimum absolute atomic E-state index is 0.0922. The molecule has 3 N–H and O–H groups in total. The van der Waals surface area contributed by atoms with Crippen LogP contribution in [-0.4, -0.2) is 11.9 Å². The predicted molar refractivity (Wildman–Crippen MR) is 56.1 cm³/mol. The Balaban J connectivity index is 2.81. The van der Waals surface area contributed by atoms with E-state index in [9.17, 15) is 4.39 Å². The van der Waals surface area contributed by atoms with E-state index in [-0.39, 0.29) is 5.84 Å². The summed E-state index contributed by atoms with van der Waals surface area (Å²) in [7, 11) is 0. The Morgan fingerprint density at radius 2 is 2.21 bits per heavy atom. The number of ether oxygens (including phenoxy) is 1. The highest BCUT2D eigenvalue weighted by Crippen LogP contribution is 2.21. The molecule has 0 aliphatic carbocycles. The summed E-state index contributed by atoms with van der Waals surface area (Å²) in [5.74, 6) is -0.143. The van der Waals surface area contributed by atoms with Gasteiger partial charge in [-0.05, 0) is 19.1 Å². The molecule has 14 heavy (non-hydrogen) atoms. The maximum Gasteiger partial charge on any atom is 0.152 e. The van der Waals surface area contributed by atoms with Gasteiger partial charge >= 0.3 is 0 Å². The van der Waals surface area contributed by atoms with Crippen molar-refractivity contribution in [3.05, 3.63) is 28.5 Å². The van der Waals surface area contributed by atoms with Crippen LogP contribution in [0, 0.1) is 11.2 Å². The van der Waals surface area contributed by atoms with E-state index in [4.69, 9.17) is 15.9 Å². The van der Waals surface area contributed by atoms with Gasteiger partial charge in [0, 0.05) is 10.5 Å². The van der Waals surface area contributed by atoms with Crippen LogP contribution in [0.1, 0.15) is 6.92 Å². The fraction of sp³-hybridized carbons (Fsp3) is 0.222. The van der Waals surface area contributed by atoms with Gasteiger partial charge in [-0.3, -0.25) is 5.41 Å². The van der Waals surface area contributed by atoms with Crippen molar-refractivity contribution in [2.75, 3.05) is 0 Å². The van der Waals surface area contributed by atoms with Crippen molar-refractivity contribution in [2.45, 2.75) is 13.0 Å². The van der Waals surface area contributed by atoms with Crippen LogP contribution in [0.2, 0.25) is 0 Å². The number of benzene rings is 1. The summed E-state index contributed by atoms with van der Waals surface area (Å²) in [4.78, 5) is 0. The van der Waals surface area contributed by atoms with Gasteiger partial charge in [0.25, 0.3) is 0 Å². The van der Waals surface area contributed by atoms with Gasteiger partial charge in [-0.15, -0.1) is 0 Å². The van der Waals surface area contributed by atoms with Crippen LogP contribution in [-0.2, 0) is 0 Å². The van der Waals surface area contributed by atoms with Gasteiger partial charge in [-0.25, -0.2) is 4.39 Å². The van der Waals surface area contributed by atoms with Crippen molar-refractivity contribution in [3.8, 4) is 5.75 Å². The molecule has 1 unspecified atom stereocenters. The van der Waals surface area contributed by atoms with Gasteiger partial charge in [-0.2, -0.15) is 0 Å². The van der Waals surface area contributed by atoms with Crippen molar-refractivity contribution in [1.82, 2.24) is 0 Å². The van der Waals surface area contributed by atoms with Crippen molar-refractivity contribution in [3.63, 3.8) is 0 Å². The molecule has 0 fully saturated rings. The Morgan fingerprint density at radius 3 is 2.71 bits per heavy atom. The minimum Gasteiger partial charge on any atom is -0.483 e. The molecule has 0 saturated heterocycles. The Hall–Kier alpha value is -1.10. The monoisotopic (exact) mass is 260 g/mol. The third kappa shape index (κ3) is 2.99. The Morgan fingerprint density at radius 1 is 1.57 bits per heavy atom. The van der Waals surface area contributed by atoms with Gasteiger partial charge < -0.3 is 10.5 Å². The fourth-order valence-corrected chi connectivity index (χ4v) is 1.31. The van der Waals surface area contributed by atoms with E-state index in [1.165, 1.54) is 12.1 Å². The molecule has 0 amide bonds.